The second-order valence-electron chi connectivity index (χ2n) is 11.6. The van der Waals surface area contributed by atoms with Crippen molar-refractivity contribution in [3.05, 3.63) is 70.8 Å². The predicted molar refractivity (Wildman–Crippen MR) is 167 cm³/mol. The molecule has 216 valence electrons. The Balaban J connectivity index is 1.54. The normalized spacial score (nSPS) is 19.1. The summed E-state index contributed by atoms with van der Waals surface area (Å²) < 4.78 is 12.3. The first-order valence-corrected chi connectivity index (χ1v) is 15.3. The van der Waals surface area contributed by atoms with Gasteiger partial charge in [0.1, 0.15) is 11.3 Å². The van der Waals surface area contributed by atoms with Crippen molar-refractivity contribution in [3.63, 3.8) is 0 Å². The van der Waals surface area contributed by atoms with Crippen molar-refractivity contribution in [2.75, 3.05) is 44.3 Å². The van der Waals surface area contributed by atoms with E-state index in [1.165, 1.54) is 47.2 Å². The summed E-state index contributed by atoms with van der Waals surface area (Å²) in [5.41, 5.74) is 10.2. The molecule has 4 heterocycles. The summed E-state index contributed by atoms with van der Waals surface area (Å²) in [5, 5.41) is 8.24. The van der Waals surface area contributed by atoms with E-state index < -0.39 is 0 Å². The lowest BCUT2D eigenvalue weighted by Gasteiger charge is -2.37. The van der Waals surface area contributed by atoms with Crippen LogP contribution in [0.3, 0.4) is 0 Å². The number of ether oxygens (including phenoxy) is 1. The third-order valence-corrected chi connectivity index (χ3v) is 8.83. The molecular formula is C34H48N4O2. The smallest absolute Gasteiger partial charge is 0.137 e. The van der Waals surface area contributed by atoms with Crippen molar-refractivity contribution in [2.24, 2.45) is 0 Å². The summed E-state index contributed by atoms with van der Waals surface area (Å²) in [4.78, 5) is 5.11. The van der Waals surface area contributed by atoms with Crippen molar-refractivity contribution in [1.82, 2.24) is 15.5 Å². The molecule has 1 aromatic heterocycles. The van der Waals surface area contributed by atoms with Crippen LogP contribution in [0.15, 0.2) is 58.3 Å². The van der Waals surface area contributed by atoms with Crippen LogP contribution in [0, 0.1) is 0 Å². The Labute approximate surface area is 240 Å². The third-order valence-electron chi connectivity index (χ3n) is 8.83. The highest BCUT2D eigenvalue weighted by atomic mass is 16.5. The fourth-order valence-electron chi connectivity index (χ4n) is 6.79. The molecule has 6 heteroatoms. The van der Waals surface area contributed by atoms with E-state index in [1.807, 2.05) is 0 Å². The van der Waals surface area contributed by atoms with E-state index in [1.54, 1.807) is 0 Å². The lowest BCUT2D eigenvalue weighted by atomic mass is 9.94. The van der Waals surface area contributed by atoms with E-state index in [0.29, 0.717) is 12.6 Å². The Bertz CT molecular complexity index is 1300. The molecule has 3 aliphatic rings. The van der Waals surface area contributed by atoms with Gasteiger partial charge in [-0.15, -0.1) is 0 Å². The van der Waals surface area contributed by atoms with Gasteiger partial charge in [-0.3, -0.25) is 4.90 Å². The zero-order valence-electron chi connectivity index (χ0n) is 25.1. The maximum Gasteiger partial charge on any atom is 0.137 e. The molecule has 0 saturated carbocycles. The van der Waals surface area contributed by atoms with Crippen LogP contribution in [0.4, 0.5) is 5.69 Å². The number of furan rings is 1. The van der Waals surface area contributed by atoms with Crippen LogP contribution < -0.4 is 15.5 Å². The molecule has 40 heavy (non-hydrogen) atoms. The molecule has 0 amide bonds. The molecule has 2 aromatic rings. The Hall–Kier alpha value is -2.96. The van der Waals surface area contributed by atoms with E-state index in [-0.39, 0.29) is 0 Å². The second kappa shape index (κ2) is 12.7. The van der Waals surface area contributed by atoms with E-state index in [2.05, 4.69) is 79.5 Å². The van der Waals surface area contributed by atoms with Gasteiger partial charge in [-0.2, -0.15) is 0 Å². The van der Waals surface area contributed by atoms with Crippen molar-refractivity contribution in [3.8, 4) is 0 Å². The zero-order chi connectivity index (χ0) is 28.2. The zero-order valence-corrected chi connectivity index (χ0v) is 25.1. The highest BCUT2D eigenvalue weighted by molar-refractivity contribution is 5.96. The molecule has 0 radical (unpaired) electrons. The number of piperidine rings is 1. The molecule has 3 aliphatic heterocycles. The maximum atomic E-state index is 6.62. The Kier molecular flexibility index (Phi) is 9.07. The van der Waals surface area contributed by atoms with Gasteiger partial charge in [0.15, 0.2) is 0 Å². The molecule has 0 bridgehead atoms. The summed E-state index contributed by atoms with van der Waals surface area (Å²) >= 11 is 0. The molecule has 0 atom stereocenters. The molecule has 0 unspecified atom stereocenters. The maximum absolute atomic E-state index is 6.62. The van der Waals surface area contributed by atoms with Crippen LogP contribution in [-0.4, -0.2) is 50.3 Å². The minimum Gasteiger partial charge on any atom is -0.460 e. The average molecular weight is 545 g/mol. The predicted octanol–water partition coefficient (Wildman–Crippen LogP) is 6.88. The summed E-state index contributed by atoms with van der Waals surface area (Å²) in [5.74, 6) is 1.04. The number of fused-ring (bicyclic) bond motifs is 1. The first-order chi connectivity index (χ1) is 19.4. The summed E-state index contributed by atoms with van der Waals surface area (Å²) in [6, 6.07) is 5.05. The number of hydrogen-bond donors (Lipinski definition) is 2. The average Bonchev–Trinajstić information content (AvgIpc) is 3.34. The third kappa shape index (κ3) is 6.03. The number of hydrogen-bond acceptors (Lipinski definition) is 6. The Morgan fingerprint density at radius 3 is 2.55 bits per heavy atom. The van der Waals surface area contributed by atoms with Gasteiger partial charge in [0, 0.05) is 72.1 Å². The number of dihydropyridines is 1. The highest BCUT2D eigenvalue weighted by Gasteiger charge is 2.27. The monoisotopic (exact) mass is 544 g/mol. The molecule has 0 aliphatic carbocycles. The first-order valence-electron chi connectivity index (χ1n) is 15.3. The van der Waals surface area contributed by atoms with Gasteiger partial charge in [-0.05, 0) is 94.8 Å². The minimum atomic E-state index is 0.470. The van der Waals surface area contributed by atoms with Crippen LogP contribution in [-0.2, 0) is 17.7 Å². The molecule has 2 fully saturated rings. The number of nitrogens with zero attached hydrogens (tertiary/aromatic N) is 2. The van der Waals surface area contributed by atoms with E-state index in [9.17, 15) is 0 Å². The van der Waals surface area contributed by atoms with Crippen LogP contribution in [0.2, 0.25) is 0 Å². The van der Waals surface area contributed by atoms with E-state index in [0.717, 1.165) is 92.5 Å². The molecule has 0 spiro atoms. The lowest BCUT2D eigenvalue weighted by molar-refractivity contribution is 0.0846. The summed E-state index contributed by atoms with van der Waals surface area (Å²) in [7, 11) is 0. The van der Waals surface area contributed by atoms with Gasteiger partial charge in [-0.1, -0.05) is 26.5 Å². The molecule has 1 aromatic carbocycles. The topological polar surface area (TPSA) is 52.9 Å². The Morgan fingerprint density at radius 1 is 1.12 bits per heavy atom. The molecule has 2 saturated heterocycles. The highest BCUT2D eigenvalue weighted by Crippen LogP contribution is 2.39. The largest absolute Gasteiger partial charge is 0.460 e. The van der Waals surface area contributed by atoms with Gasteiger partial charge in [-0.25, -0.2) is 0 Å². The summed E-state index contributed by atoms with van der Waals surface area (Å²) in [6.07, 6.45) is 9.09. The van der Waals surface area contributed by atoms with Crippen molar-refractivity contribution in [2.45, 2.75) is 78.8 Å². The fraction of sp³-hybridized carbons (Fsp3) is 0.529. The number of benzene rings is 1. The van der Waals surface area contributed by atoms with Crippen LogP contribution in [0.5, 0.6) is 0 Å². The number of nitrogens with one attached hydrogen (secondary N) is 2. The quantitative estimate of drug-likeness (QED) is 0.340. The van der Waals surface area contributed by atoms with Crippen LogP contribution in [0.25, 0.3) is 16.7 Å². The number of rotatable bonds is 10. The lowest BCUT2D eigenvalue weighted by Crippen LogP contribution is -2.40. The van der Waals surface area contributed by atoms with Crippen molar-refractivity contribution in [1.29, 1.82) is 0 Å². The van der Waals surface area contributed by atoms with Gasteiger partial charge < -0.3 is 24.7 Å². The SMILES string of the molecule is C=C1NC(C)=CC(C)=C1CNC(=C)c1c(CC)c(N(CC)C2CCOCC2)cc2oc(CN3CCCCC3)cc12. The van der Waals surface area contributed by atoms with Crippen LogP contribution in [0.1, 0.15) is 76.7 Å². The van der Waals surface area contributed by atoms with Crippen molar-refractivity contribution >= 4 is 22.4 Å². The molecule has 5 rings (SSSR count). The number of likely N-dealkylation sites (tertiary alicyclic amines) is 1. The molecule has 2 N–H and O–H groups in total. The standard InChI is InChI=1S/C34H48N4O2/c1-7-29-32(38(8-2)27-12-16-39-17-13-27)20-33-30(19-28(40-33)22-37-14-10-9-11-15-37)34(29)26(6)35-21-31-23(3)18-24(4)36-25(31)5/h18-20,27,35-36H,5-17,21-22H2,1-4H3. The van der Waals surface area contributed by atoms with E-state index in [4.69, 9.17) is 9.15 Å². The van der Waals surface area contributed by atoms with Crippen LogP contribution >= 0.6 is 0 Å². The number of anilines is 1. The minimum absolute atomic E-state index is 0.470. The number of allylic oxidation sites excluding steroid dienone is 3. The molecular weight excluding hydrogens is 496 g/mol. The van der Waals surface area contributed by atoms with Gasteiger partial charge >= 0.3 is 0 Å². The fourth-order valence-corrected chi connectivity index (χ4v) is 6.79. The van der Waals surface area contributed by atoms with Gasteiger partial charge in [0.25, 0.3) is 0 Å². The first kappa shape index (κ1) is 28.6. The molecule has 6 nitrogen and oxygen atoms in total. The van der Waals surface area contributed by atoms with Crippen molar-refractivity contribution < 1.29 is 9.15 Å². The van der Waals surface area contributed by atoms with E-state index >= 15 is 0 Å². The Morgan fingerprint density at radius 2 is 1.88 bits per heavy atom. The van der Waals surface area contributed by atoms with Gasteiger partial charge in [0.2, 0.25) is 0 Å². The second-order valence-corrected chi connectivity index (χ2v) is 11.6. The van der Waals surface area contributed by atoms with Gasteiger partial charge in [0.05, 0.1) is 6.54 Å². The summed E-state index contributed by atoms with van der Waals surface area (Å²) in [6.45, 7) is 24.1.